The van der Waals surface area contributed by atoms with Gasteiger partial charge < -0.3 is 11.1 Å². The zero-order valence-corrected chi connectivity index (χ0v) is 10.2. The van der Waals surface area contributed by atoms with Gasteiger partial charge in [-0.15, -0.1) is 0 Å². The van der Waals surface area contributed by atoms with Crippen molar-refractivity contribution in [1.82, 2.24) is 0 Å². The van der Waals surface area contributed by atoms with E-state index in [2.05, 4.69) is 5.32 Å². The van der Waals surface area contributed by atoms with Crippen molar-refractivity contribution >= 4 is 17.3 Å². The summed E-state index contributed by atoms with van der Waals surface area (Å²) in [6.45, 7) is 1.62. The number of hydrogen-bond donors (Lipinski definition) is 2. The molecule has 3 N–H and O–H groups in total. The number of carbonyl (C=O) groups excluding carboxylic acids is 1. The van der Waals surface area contributed by atoms with Gasteiger partial charge in [-0.1, -0.05) is 6.07 Å². The molecule has 2 aromatic carbocycles. The molecule has 0 radical (unpaired) electrons. The van der Waals surface area contributed by atoms with Crippen LogP contribution < -0.4 is 11.1 Å². The van der Waals surface area contributed by atoms with Crippen LogP contribution in [0.5, 0.6) is 0 Å². The van der Waals surface area contributed by atoms with E-state index in [-0.39, 0.29) is 11.3 Å². The number of amides is 1. The first-order valence-corrected chi connectivity index (χ1v) is 5.60. The standard InChI is InChI=1S/C14H12F2N2O/c1-8-2-4-10(7-11(8)15)18-14(19)9-3-5-13(17)12(16)6-9/h2-7H,17H2,1H3,(H,18,19). The van der Waals surface area contributed by atoms with Gasteiger partial charge in [0, 0.05) is 11.3 Å². The zero-order chi connectivity index (χ0) is 14.0. The van der Waals surface area contributed by atoms with Crippen molar-refractivity contribution in [3.8, 4) is 0 Å². The summed E-state index contributed by atoms with van der Waals surface area (Å²) in [5, 5.41) is 2.49. The van der Waals surface area contributed by atoms with Crippen LogP contribution in [0.3, 0.4) is 0 Å². The van der Waals surface area contributed by atoms with Crippen LogP contribution in [0.1, 0.15) is 15.9 Å². The molecule has 98 valence electrons. The molecule has 0 aliphatic carbocycles. The molecule has 0 unspecified atom stereocenters. The lowest BCUT2D eigenvalue weighted by atomic mass is 10.1. The number of hydrogen-bond acceptors (Lipinski definition) is 2. The Morgan fingerprint density at radius 1 is 1.11 bits per heavy atom. The van der Waals surface area contributed by atoms with Gasteiger partial charge in [-0.25, -0.2) is 8.78 Å². The highest BCUT2D eigenvalue weighted by atomic mass is 19.1. The molecule has 2 rings (SSSR count). The van der Waals surface area contributed by atoms with Crippen LogP contribution in [0.15, 0.2) is 36.4 Å². The highest BCUT2D eigenvalue weighted by Gasteiger charge is 2.09. The van der Waals surface area contributed by atoms with Crippen molar-refractivity contribution in [2.24, 2.45) is 0 Å². The van der Waals surface area contributed by atoms with E-state index >= 15 is 0 Å². The van der Waals surface area contributed by atoms with Gasteiger partial charge in [-0.05, 0) is 42.8 Å². The maximum Gasteiger partial charge on any atom is 0.255 e. The third-order valence-electron chi connectivity index (χ3n) is 2.69. The minimum absolute atomic E-state index is 0.0297. The Hall–Kier alpha value is -2.43. The summed E-state index contributed by atoms with van der Waals surface area (Å²) in [7, 11) is 0. The Labute approximate surface area is 109 Å². The van der Waals surface area contributed by atoms with Gasteiger partial charge in [-0.2, -0.15) is 0 Å². The monoisotopic (exact) mass is 262 g/mol. The number of rotatable bonds is 2. The lowest BCUT2D eigenvalue weighted by Gasteiger charge is -2.07. The highest BCUT2D eigenvalue weighted by Crippen LogP contribution is 2.16. The molecule has 0 spiro atoms. The Morgan fingerprint density at radius 2 is 1.84 bits per heavy atom. The lowest BCUT2D eigenvalue weighted by molar-refractivity contribution is 0.102. The molecule has 0 aliphatic rings. The fraction of sp³-hybridized carbons (Fsp3) is 0.0714. The molecule has 2 aromatic rings. The number of benzene rings is 2. The maximum absolute atomic E-state index is 13.3. The molecule has 0 heterocycles. The van der Waals surface area contributed by atoms with Gasteiger partial charge >= 0.3 is 0 Å². The molecular formula is C14H12F2N2O. The number of anilines is 2. The van der Waals surface area contributed by atoms with Crippen molar-refractivity contribution < 1.29 is 13.6 Å². The van der Waals surface area contributed by atoms with Gasteiger partial charge in [0.25, 0.3) is 5.91 Å². The Morgan fingerprint density at radius 3 is 2.47 bits per heavy atom. The van der Waals surface area contributed by atoms with E-state index < -0.39 is 17.5 Å². The van der Waals surface area contributed by atoms with E-state index in [0.717, 1.165) is 6.07 Å². The van der Waals surface area contributed by atoms with Crippen LogP contribution in [0, 0.1) is 18.6 Å². The summed E-state index contributed by atoms with van der Waals surface area (Å²) in [5.41, 5.74) is 6.20. The topological polar surface area (TPSA) is 55.1 Å². The van der Waals surface area contributed by atoms with Crippen LogP contribution in [0.25, 0.3) is 0 Å². The second-order valence-corrected chi connectivity index (χ2v) is 4.15. The van der Waals surface area contributed by atoms with Crippen molar-refractivity contribution in [3.05, 3.63) is 59.2 Å². The number of aryl methyl sites for hydroxylation is 1. The summed E-state index contributed by atoms with van der Waals surface area (Å²) in [6.07, 6.45) is 0. The summed E-state index contributed by atoms with van der Waals surface area (Å²) in [4.78, 5) is 11.8. The smallest absolute Gasteiger partial charge is 0.255 e. The molecule has 0 saturated carbocycles. The number of carbonyl (C=O) groups is 1. The average Bonchev–Trinajstić information content (AvgIpc) is 2.37. The molecular weight excluding hydrogens is 250 g/mol. The average molecular weight is 262 g/mol. The summed E-state index contributed by atoms with van der Waals surface area (Å²) in [6, 6.07) is 8.08. The van der Waals surface area contributed by atoms with Gasteiger partial charge in [-0.3, -0.25) is 4.79 Å². The highest BCUT2D eigenvalue weighted by molar-refractivity contribution is 6.04. The van der Waals surface area contributed by atoms with Crippen molar-refractivity contribution in [3.63, 3.8) is 0 Å². The number of nitrogens with one attached hydrogen (secondary N) is 1. The molecule has 0 aromatic heterocycles. The summed E-state index contributed by atoms with van der Waals surface area (Å²) < 4.78 is 26.6. The lowest BCUT2D eigenvalue weighted by Crippen LogP contribution is -2.12. The second kappa shape index (κ2) is 5.06. The predicted molar refractivity (Wildman–Crippen MR) is 69.9 cm³/mol. The number of nitrogen functional groups attached to an aromatic ring is 1. The number of halogens is 2. The first-order chi connectivity index (χ1) is 8.97. The zero-order valence-electron chi connectivity index (χ0n) is 10.2. The van der Waals surface area contributed by atoms with Crippen LogP contribution in [0.4, 0.5) is 20.2 Å². The predicted octanol–water partition coefficient (Wildman–Crippen LogP) is 3.11. The molecule has 19 heavy (non-hydrogen) atoms. The van der Waals surface area contributed by atoms with Gasteiger partial charge in [0.2, 0.25) is 0 Å². The minimum atomic E-state index is -0.664. The molecule has 0 saturated heterocycles. The van der Waals surface area contributed by atoms with E-state index in [1.807, 2.05) is 0 Å². The third kappa shape index (κ3) is 2.88. The van der Waals surface area contributed by atoms with Crippen LogP contribution in [-0.4, -0.2) is 5.91 Å². The van der Waals surface area contributed by atoms with Gasteiger partial charge in [0.1, 0.15) is 11.6 Å². The Kier molecular flexibility index (Phi) is 3.46. The first kappa shape index (κ1) is 13.0. The van der Waals surface area contributed by atoms with Gasteiger partial charge in [0.05, 0.1) is 5.69 Å². The molecule has 5 heteroatoms. The fourth-order valence-corrected chi connectivity index (χ4v) is 1.54. The SMILES string of the molecule is Cc1ccc(NC(=O)c2ccc(N)c(F)c2)cc1F. The van der Waals surface area contributed by atoms with Crippen molar-refractivity contribution in [2.75, 3.05) is 11.1 Å². The van der Waals surface area contributed by atoms with Crippen molar-refractivity contribution in [1.29, 1.82) is 0 Å². The second-order valence-electron chi connectivity index (χ2n) is 4.15. The summed E-state index contributed by atoms with van der Waals surface area (Å²) in [5.74, 6) is -1.61. The fourth-order valence-electron chi connectivity index (χ4n) is 1.54. The Balaban J connectivity index is 2.20. The third-order valence-corrected chi connectivity index (χ3v) is 2.69. The van der Waals surface area contributed by atoms with Crippen LogP contribution in [-0.2, 0) is 0 Å². The maximum atomic E-state index is 13.3. The summed E-state index contributed by atoms with van der Waals surface area (Å²) >= 11 is 0. The van der Waals surface area contributed by atoms with Crippen LogP contribution in [0.2, 0.25) is 0 Å². The van der Waals surface area contributed by atoms with Crippen LogP contribution >= 0.6 is 0 Å². The normalized spacial score (nSPS) is 10.3. The Bertz CT molecular complexity index is 641. The molecule has 0 fully saturated rings. The van der Waals surface area contributed by atoms with Crippen molar-refractivity contribution in [2.45, 2.75) is 6.92 Å². The molecule has 3 nitrogen and oxygen atoms in total. The number of nitrogens with two attached hydrogens (primary N) is 1. The molecule has 0 atom stereocenters. The van der Waals surface area contributed by atoms with E-state index in [1.54, 1.807) is 19.1 Å². The molecule has 0 bridgehead atoms. The first-order valence-electron chi connectivity index (χ1n) is 5.60. The quantitative estimate of drug-likeness (QED) is 0.817. The largest absolute Gasteiger partial charge is 0.396 e. The van der Waals surface area contributed by atoms with E-state index in [9.17, 15) is 13.6 Å². The molecule has 1 amide bonds. The van der Waals surface area contributed by atoms with E-state index in [4.69, 9.17) is 5.73 Å². The van der Waals surface area contributed by atoms with Gasteiger partial charge in [0.15, 0.2) is 0 Å². The van der Waals surface area contributed by atoms with E-state index in [0.29, 0.717) is 11.3 Å². The van der Waals surface area contributed by atoms with E-state index in [1.165, 1.54) is 18.2 Å². The minimum Gasteiger partial charge on any atom is -0.396 e. The molecule has 0 aliphatic heterocycles.